The first-order valence-corrected chi connectivity index (χ1v) is 7.03. The molecule has 0 aliphatic rings. The summed E-state index contributed by atoms with van der Waals surface area (Å²) in [5.74, 6) is 1.96. The van der Waals surface area contributed by atoms with Crippen molar-refractivity contribution in [2.75, 3.05) is 18.0 Å². The van der Waals surface area contributed by atoms with Crippen molar-refractivity contribution in [3.63, 3.8) is 0 Å². The van der Waals surface area contributed by atoms with Crippen LogP contribution >= 0.6 is 23.7 Å². The Labute approximate surface area is 119 Å². The molecule has 5 heteroatoms. The monoisotopic (exact) mass is 285 g/mol. The first-order valence-electron chi connectivity index (χ1n) is 6.21. The maximum absolute atomic E-state index is 4.61. The predicted octanol–water partition coefficient (Wildman–Crippen LogP) is 3.83. The van der Waals surface area contributed by atoms with Crippen LogP contribution in [0.2, 0.25) is 0 Å². The Balaban J connectivity index is 0.00000162. The standard InChI is InChI=1S/C13H19N3S.ClH/c1-5-10-8-11-12(16(6-2)7-3)14-9(4)15-13(11)17-10;/h8H,5-7H2,1-4H3;1H. The lowest BCUT2D eigenvalue weighted by molar-refractivity contribution is 0.843. The van der Waals surface area contributed by atoms with Gasteiger partial charge in [-0.2, -0.15) is 0 Å². The fraction of sp³-hybridized carbons (Fsp3) is 0.538. The molecule has 0 saturated heterocycles. The number of hydrogen-bond acceptors (Lipinski definition) is 4. The average molecular weight is 286 g/mol. The Morgan fingerprint density at radius 1 is 1.17 bits per heavy atom. The number of anilines is 1. The van der Waals surface area contributed by atoms with E-state index in [1.54, 1.807) is 11.3 Å². The minimum atomic E-state index is 0. The molecule has 0 radical (unpaired) electrons. The van der Waals surface area contributed by atoms with Gasteiger partial charge in [0, 0.05) is 18.0 Å². The molecule has 0 amide bonds. The lowest BCUT2D eigenvalue weighted by Crippen LogP contribution is -2.23. The molecule has 0 aliphatic carbocycles. The van der Waals surface area contributed by atoms with Crippen LogP contribution in [-0.2, 0) is 6.42 Å². The molecule has 0 spiro atoms. The van der Waals surface area contributed by atoms with E-state index in [1.807, 2.05) is 6.92 Å². The van der Waals surface area contributed by atoms with Gasteiger partial charge in [0.05, 0.1) is 5.39 Å². The van der Waals surface area contributed by atoms with Crippen LogP contribution in [0.5, 0.6) is 0 Å². The average Bonchev–Trinajstić information content (AvgIpc) is 2.73. The van der Waals surface area contributed by atoms with E-state index in [9.17, 15) is 0 Å². The second-order valence-electron chi connectivity index (χ2n) is 4.05. The fourth-order valence-electron chi connectivity index (χ4n) is 2.00. The van der Waals surface area contributed by atoms with Crippen molar-refractivity contribution in [3.05, 3.63) is 16.8 Å². The second-order valence-corrected chi connectivity index (χ2v) is 5.17. The third-order valence-electron chi connectivity index (χ3n) is 2.95. The molecule has 0 fully saturated rings. The molecule has 0 saturated carbocycles. The summed E-state index contributed by atoms with van der Waals surface area (Å²) in [6, 6.07) is 2.24. The lowest BCUT2D eigenvalue weighted by Gasteiger charge is -2.20. The highest BCUT2D eigenvalue weighted by atomic mass is 35.5. The van der Waals surface area contributed by atoms with E-state index in [0.717, 1.165) is 36.0 Å². The van der Waals surface area contributed by atoms with Gasteiger partial charge in [0.1, 0.15) is 16.5 Å². The molecule has 0 aromatic carbocycles. The second kappa shape index (κ2) is 6.34. The van der Waals surface area contributed by atoms with Crippen LogP contribution in [0.15, 0.2) is 6.07 Å². The summed E-state index contributed by atoms with van der Waals surface area (Å²) in [4.78, 5) is 13.9. The fourth-order valence-corrected chi connectivity index (χ4v) is 3.01. The van der Waals surface area contributed by atoms with Gasteiger partial charge in [-0.1, -0.05) is 6.92 Å². The van der Waals surface area contributed by atoms with Gasteiger partial charge in [0.15, 0.2) is 0 Å². The minimum Gasteiger partial charge on any atom is -0.357 e. The maximum atomic E-state index is 4.61. The Bertz CT molecular complexity index is 520. The highest BCUT2D eigenvalue weighted by Gasteiger charge is 2.13. The number of halogens is 1. The quantitative estimate of drug-likeness (QED) is 0.855. The zero-order chi connectivity index (χ0) is 12.4. The number of nitrogens with zero attached hydrogens (tertiary/aromatic N) is 3. The van der Waals surface area contributed by atoms with Crippen LogP contribution in [0.4, 0.5) is 5.82 Å². The van der Waals surface area contributed by atoms with Gasteiger partial charge in [0.2, 0.25) is 0 Å². The van der Waals surface area contributed by atoms with Crippen LogP contribution in [0.3, 0.4) is 0 Å². The van der Waals surface area contributed by atoms with E-state index in [1.165, 1.54) is 10.3 Å². The topological polar surface area (TPSA) is 29.0 Å². The van der Waals surface area contributed by atoms with E-state index in [2.05, 4.69) is 41.7 Å². The van der Waals surface area contributed by atoms with Gasteiger partial charge < -0.3 is 4.90 Å². The summed E-state index contributed by atoms with van der Waals surface area (Å²) in [6.07, 6.45) is 1.07. The van der Waals surface area contributed by atoms with Gasteiger partial charge in [-0.05, 0) is 33.3 Å². The van der Waals surface area contributed by atoms with Crippen LogP contribution in [0.25, 0.3) is 10.2 Å². The van der Waals surface area contributed by atoms with Gasteiger partial charge in [-0.25, -0.2) is 9.97 Å². The van der Waals surface area contributed by atoms with Crippen molar-refractivity contribution in [2.24, 2.45) is 0 Å². The molecule has 18 heavy (non-hydrogen) atoms. The number of hydrogen-bond donors (Lipinski definition) is 0. The molecule has 0 bridgehead atoms. The van der Waals surface area contributed by atoms with Gasteiger partial charge in [-0.15, -0.1) is 23.7 Å². The molecule has 2 aromatic rings. The summed E-state index contributed by atoms with van der Waals surface area (Å²) in [7, 11) is 0. The molecule has 0 unspecified atom stereocenters. The largest absolute Gasteiger partial charge is 0.357 e. The molecule has 2 aromatic heterocycles. The summed E-state index contributed by atoms with van der Waals surface area (Å²) >= 11 is 1.79. The molecule has 0 aliphatic heterocycles. The third-order valence-corrected chi connectivity index (χ3v) is 4.12. The molecule has 100 valence electrons. The van der Waals surface area contributed by atoms with Crippen LogP contribution < -0.4 is 4.90 Å². The molecule has 3 nitrogen and oxygen atoms in total. The summed E-state index contributed by atoms with van der Waals surface area (Å²) < 4.78 is 0. The Kier molecular flexibility index (Phi) is 5.35. The summed E-state index contributed by atoms with van der Waals surface area (Å²) in [5.41, 5.74) is 0. The number of fused-ring (bicyclic) bond motifs is 1. The van der Waals surface area contributed by atoms with Crippen molar-refractivity contribution >= 4 is 39.8 Å². The Hall–Kier alpha value is -0.870. The van der Waals surface area contributed by atoms with E-state index >= 15 is 0 Å². The Morgan fingerprint density at radius 3 is 2.39 bits per heavy atom. The maximum Gasteiger partial charge on any atom is 0.141 e. The molecular formula is C13H20ClN3S. The number of thiophene rings is 1. The molecular weight excluding hydrogens is 266 g/mol. The van der Waals surface area contributed by atoms with Crippen molar-refractivity contribution in [1.82, 2.24) is 9.97 Å². The highest BCUT2D eigenvalue weighted by Crippen LogP contribution is 2.31. The highest BCUT2D eigenvalue weighted by molar-refractivity contribution is 7.18. The van der Waals surface area contributed by atoms with Crippen molar-refractivity contribution in [2.45, 2.75) is 34.1 Å². The minimum absolute atomic E-state index is 0. The van der Waals surface area contributed by atoms with Crippen molar-refractivity contribution in [3.8, 4) is 0 Å². The summed E-state index contributed by atoms with van der Waals surface area (Å²) in [5, 5.41) is 1.21. The van der Waals surface area contributed by atoms with Gasteiger partial charge in [-0.3, -0.25) is 0 Å². The zero-order valence-electron chi connectivity index (χ0n) is 11.4. The first kappa shape index (κ1) is 15.2. The third kappa shape index (κ3) is 2.75. The van der Waals surface area contributed by atoms with Crippen LogP contribution in [-0.4, -0.2) is 23.1 Å². The molecule has 0 atom stereocenters. The SMILES string of the molecule is CCc1cc2c(N(CC)CC)nc(C)nc2s1.Cl. The predicted molar refractivity (Wildman–Crippen MR) is 82.3 cm³/mol. The van der Waals surface area contributed by atoms with E-state index < -0.39 is 0 Å². The molecule has 2 heterocycles. The zero-order valence-corrected chi connectivity index (χ0v) is 13.0. The molecule has 2 rings (SSSR count). The van der Waals surface area contributed by atoms with Gasteiger partial charge >= 0.3 is 0 Å². The summed E-state index contributed by atoms with van der Waals surface area (Å²) in [6.45, 7) is 10.5. The van der Waals surface area contributed by atoms with E-state index in [4.69, 9.17) is 0 Å². The lowest BCUT2D eigenvalue weighted by atomic mass is 10.3. The van der Waals surface area contributed by atoms with E-state index in [0.29, 0.717) is 0 Å². The number of aromatic nitrogens is 2. The van der Waals surface area contributed by atoms with Crippen LogP contribution in [0.1, 0.15) is 31.5 Å². The van der Waals surface area contributed by atoms with Gasteiger partial charge in [0.25, 0.3) is 0 Å². The Morgan fingerprint density at radius 2 is 1.83 bits per heavy atom. The smallest absolute Gasteiger partial charge is 0.141 e. The van der Waals surface area contributed by atoms with E-state index in [-0.39, 0.29) is 12.4 Å². The molecule has 0 N–H and O–H groups in total. The van der Waals surface area contributed by atoms with Crippen LogP contribution in [0, 0.1) is 6.92 Å². The number of rotatable bonds is 4. The van der Waals surface area contributed by atoms with Crippen molar-refractivity contribution in [1.29, 1.82) is 0 Å². The normalized spacial score (nSPS) is 10.4. The van der Waals surface area contributed by atoms with Crippen molar-refractivity contribution < 1.29 is 0 Å². The number of aryl methyl sites for hydroxylation is 2. The first-order chi connectivity index (χ1) is 8.19.